The predicted molar refractivity (Wildman–Crippen MR) is 66.5 cm³/mol. The first-order valence-corrected chi connectivity index (χ1v) is 6.86. The van der Waals surface area contributed by atoms with E-state index in [1.54, 1.807) is 0 Å². The molecule has 0 spiro atoms. The van der Waals surface area contributed by atoms with E-state index in [1.807, 2.05) is 0 Å². The first-order valence-electron chi connectivity index (χ1n) is 6.05. The van der Waals surface area contributed by atoms with Crippen molar-refractivity contribution < 1.29 is 9.90 Å². The van der Waals surface area contributed by atoms with Crippen molar-refractivity contribution in [2.45, 2.75) is 38.5 Å². The number of hydrogen-bond donors (Lipinski definition) is 1. The molecule has 0 atom stereocenters. The Balaban J connectivity index is 1.94. The first kappa shape index (κ1) is 12.3. The van der Waals surface area contributed by atoms with Crippen molar-refractivity contribution >= 4 is 22.4 Å². The number of aromatic nitrogens is 2. The summed E-state index contributed by atoms with van der Waals surface area (Å²) in [6, 6.07) is 0. The Morgan fingerprint density at radius 1 is 1.24 bits per heavy atom. The van der Waals surface area contributed by atoms with Gasteiger partial charge in [-0.05, 0) is 12.8 Å². The van der Waals surface area contributed by atoms with Crippen LogP contribution in [0.3, 0.4) is 0 Å². The van der Waals surface area contributed by atoms with Gasteiger partial charge in [0.25, 0.3) is 0 Å². The van der Waals surface area contributed by atoms with Gasteiger partial charge in [-0.25, -0.2) is 0 Å². The molecule has 0 radical (unpaired) electrons. The van der Waals surface area contributed by atoms with Gasteiger partial charge < -0.3 is 10.0 Å². The molecule has 0 bridgehead atoms. The van der Waals surface area contributed by atoms with Crippen LogP contribution in [0.1, 0.15) is 37.1 Å². The first-order chi connectivity index (χ1) is 8.25. The summed E-state index contributed by atoms with van der Waals surface area (Å²) in [5.74, 6) is -0.781. The third kappa shape index (κ3) is 3.66. The highest BCUT2D eigenvalue weighted by Gasteiger charge is 2.14. The number of carboxylic acids is 1. The van der Waals surface area contributed by atoms with Crippen LogP contribution in [0.5, 0.6) is 0 Å². The molecule has 1 N–H and O–H groups in total. The zero-order valence-corrected chi connectivity index (χ0v) is 10.6. The second kappa shape index (κ2) is 5.95. The summed E-state index contributed by atoms with van der Waals surface area (Å²) in [4.78, 5) is 12.7. The lowest BCUT2D eigenvalue weighted by Gasteiger charge is -2.17. The Kier molecular flexibility index (Phi) is 4.30. The average Bonchev–Trinajstić information content (AvgIpc) is 2.60. The van der Waals surface area contributed by atoms with Crippen LogP contribution in [-0.4, -0.2) is 34.4 Å². The summed E-state index contributed by atoms with van der Waals surface area (Å²) in [5.41, 5.74) is 0. The summed E-state index contributed by atoms with van der Waals surface area (Å²) in [6.07, 6.45) is 5.63. The topological polar surface area (TPSA) is 66.3 Å². The Morgan fingerprint density at radius 3 is 2.59 bits per heavy atom. The molecule has 0 amide bonds. The van der Waals surface area contributed by atoms with Crippen LogP contribution >= 0.6 is 11.3 Å². The number of carbonyl (C=O) groups is 1. The molecular weight excluding hydrogens is 238 g/mol. The smallest absolute Gasteiger partial charge is 0.303 e. The van der Waals surface area contributed by atoms with Gasteiger partial charge in [0, 0.05) is 19.5 Å². The van der Waals surface area contributed by atoms with Crippen LogP contribution in [-0.2, 0) is 11.2 Å². The standard InChI is InChI=1S/C11H17N3O2S/c15-10(16)6-5-9-12-13-11(17-9)14-7-3-1-2-4-8-14/h1-8H2,(H,15,16). The van der Waals surface area contributed by atoms with Gasteiger partial charge in [-0.1, -0.05) is 24.2 Å². The SMILES string of the molecule is O=C(O)CCc1nnc(N2CCCCCC2)s1. The largest absolute Gasteiger partial charge is 0.481 e. The third-order valence-electron chi connectivity index (χ3n) is 2.89. The molecule has 2 heterocycles. The van der Waals surface area contributed by atoms with Crippen LogP contribution in [0.4, 0.5) is 5.13 Å². The Bertz CT molecular complexity index is 373. The van der Waals surface area contributed by atoms with E-state index in [-0.39, 0.29) is 6.42 Å². The van der Waals surface area contributed by atoms with Crippen LogP contribution in [0.2, 0.25) is 0 Å². The van der Waals surface area contributed by atoms with Gasteiger partial charge in [0.2, 0.25) is 5.13 Å². The fraction of sp³-hybridized carbons (Fsp3) is 0.727. The fourth-order valence-corrected chi connectivity index (χ4v) is 2.84. The summed E-state index contributed by atoms with van der Waals surface area (Å²) >= 11 is 1.53. The van der Waals surface area contributed by atoms with Crippen molar-refractivity contribution in [2.75, 3.05) is 18.0 Å². The molecule has 2 rings (SSSR count). The van der Waals surface area contributed by atoms with Crippen molar-refractivity contribution in [3.05, 3.63) is 5.01 Å². The van der Waals surface area contributed by atoms with Crippen molar-refractivity contribution in [3.8, 4) is 0 Å². The summed E-state index contributed by atoms with van der Waals surface area (Å²) in [7, 11) is 0. The van der Waals surface area contributed by atoms with Gasteiger partial charge >= 0.3 is 5.97 Å². The molecule has 0 aliphatic carbocycles. The molecule has 1 aromatic rings. The fourth-order valence-electron chi connectivity index (χ4n) is 1.95. The lowest BCUT2D eigenvalue weighted by Crippen LogP contribution is -2.23. The summed E-state index contributed by atoms with van der Waals surface area (Å²) < 4.78 is 0. The molecule has 94 valence electrons. The highest BCUT2D eigenvalue weighted by atomic mass is 32.1. The summed E-state index contributed by atoms with van der Waals surface area (Å²) in [6.45, 7) is 2.10. The van der Waals surface area contributed by atoms with Crippen LogP contribution < -0.4 is 4.90 Å². The maximum atomic E-state index is 10.5. The van der Waals surface area contributed by atoms with Gasteiger partial charge in [0.05, 0.1) is 6.42 Å². The van der Waals surface area contributed by atoms with Crippen molar-refractivity contribution in [3.63, 3.8) is 0 Å². The highest BCUT2D eigenvalue weighted by molar-refractivity contribution is 7.15. The summed E-state index contributed by atoms with van der Waals surface area (Å²) in [5, 5.41) is 18.6. The molecule has 1 fully saturated rings. The monoisotopic (exact) mass is 255 g/mol. The van der Waals surface area contributed by atoms with E-state index in [1.165, 1.54) is 37.0 Å². The number of hydrogen-bond acceptors (Lipinski definition) is 5. The van der Waals surface area contributed by atoms with Gasteiger partial charge in [-0.15, -0.1) is 10.2 Å². The molecule has 1 aromatic heterocycles. The Hall–Kier alpha value is -1.17. The van der Waals surface area contributed by atoms with Gasteiger partial charge in [-0.3, -0.25) is 4.79 Å². The Labute approximate surface area is 104 Å². The zero-order chi connectivity index (χ0) is 12.1. The third-order valence-corrected chi connectivity index (χ3v) is 3.93. The predicted octanol–water partition coefficient (Wildman–Crippen LogP) is 1.94. The number of carboxylic acid groups (broad SMARTS) is 1. The number of aryl methyl sites for hydroxylation is 1. The minimum absolute atomic E-state index is 0.134. The molecule has 17 heavy (non-hydrogen) atoms. The molecular formula is C11H17N3O2S. The minimum Gasteiger partial charge on any atom is -0.481 e. The molecule has 0 unspecified atom stereocenters. The number of rotatable bonds is 4. The maximum Gasteiger partial charge on any atom is 0.303 e. The van der Waals surface area contributed by atoms with Gasteiger partial charge in [-0.2, -0.15) is 0 Å². The van der Waals surface area contributed by atoms with E-state index in [0.29, 0.717) is 6.42 Å². The number of anilines is 1. The average molecular weight is 255 g/mol. The van der Waals surface area contributed by atoms with Crippen molar-refractivity contribution in [1.82, 2.24) is 10.2 Å². The second-order valence-corrected chi connectivity index (χ2v) is 5.31. The normalized spacial score (nSPS) is 16.8. The van der Waals surface area contributed by atoms with E-state index in [0.717, 1.165) is 23.2 Å². The van der Waals surface area contributed by atoms with Gasteiger partial charge in [0.1, 0.15) is 5.01 Å². The van der Waals surface area contributed by atoms with Crippen LogP contribution in [0.15, 0.2) is 0 Å². The van der Waals surface area contributed by atoms with Crippen molar-refractivity contribution in [1.29, 1.82) is 0 Å². The van der Waals surface area contributed by atoms with E-state index in [9.17, 15) is 4.79 Å². The molecule has 0 aromatic carbocycles. The zero-order valence-electron chi connectivity index (χ0n) is 9.76. The molecule has 6 heteroatoms. The quantitative estimate of drug-likeness (QED) is 0.890. The lowest BCUT2D eigenvalue weighted by atomic mass is 10.2. The van der Waals surface area contributed by atoms with E-state index < -0.39 is 5.97 Å². The highest BCUT2D eigenvalue weighted by Crippen LogP contribution is 2.23. The molecule has 1 aliphatic heterocycles. The molecule has 0 saturated carbocycles. The number of nitrogens with zero attached hydrogens (tertiary/aromatic N) is 3. The number of aliphatic carboxylic acids is 1. The lowest BCUT2D eigenvalue weighted by molar-refractivity contribution is -0.136. The van der Waals surface area contributed by atoms with Crippen LogP contribution in [0.25, 0.3) is 0 Å². The minimum atomic E-state index is -0.781. The van der Waals surface area contributed by atoms with E-state index in [2.05, 4.69) is 15.1 Å². The van der Waals surface area contributed by atoms with E-state index >= 15 is 0 Å². The molecule has 5 nitrogen and oxygen atoms in total. The van der Waals surface area contributed by atoms with Crippen molar-refractivity contribution in [2.24, 2.45) is 0 Å². The maximum absolute atomic E-state index is 10.5. The molecule has 1 aliphatic rings. The molecule has 1 saturated heterocycles. The van der Waals surface area contributed by atoms with Gasteiger partial charge in [0.15, 0.2) is 0 Å². The van der Waals surface area contributed by atoms with E-state index in [4.69, 9.17) is 5.11 Å². The van der Waals surface area contributed by atoms with Crippen LogP contribution in [0, 0.1) is 0 Å². The second-order valence-electron chi connectivity index (χ2n) is 4.27. The Morgan fingerprint density at radius 2 is 1.94 bits per heavy atom.